The number of carbonyl (C=O) groups is 1. The number of benzene rings is 1. The highest BCUT2D eigenvalue weighted by Crippen LogP contribution is 2.27. The average molecular weight is 217 g/mol. The monoisotopic (exact) mass is 217 g/mol. The quantitative estimate of drug-likeness (QED) is 0.722. The van der Waals surface area contributed by atoms with Gasteiger partial charge in [-0.1, -0.05) is 6.07 Å². The van der Waals surface area contributed by atoms with E-state index >= 15 is 0 Å². The van der Waals surface area contributed by atoms with E-state index in [9.17, 15) is 4.79 Å². The minimum atomic E-state index is -0.421. The maximum Gasteiger partial charge on any atom is 0.342 e. The van der Waals surface area contributed by atoms with E-state index in [0.717, 1.165) is 10.8 Å². The molecule has 0 aliphatic rings. The van der Waals surface area contributed by atoms with Crippen LogP contribution in [0.4, 0.5) is 0 Å². The Morgan fingerprint density at radius 2 is 2.06 bits per heavy atom. The number of rotatable bonds is 2. The van der Waals surface area contributed by atoms with Gasteiger partial charge in [0.25, 0.3) is 0 Å². The molecule has 1 aromatic heterocycles. The molecule has 0 atom stereocenters. The lowest BCUT2D eigenvalue weighted by Crippen LogP contribution is -2.05. The molecule has 0 aliphatic heterocycles. The van der Waals surface area contributed by atoms with Crippen molar-refractivity contribution in [3.8, 4) is 5.75 Å². The lowest BCUT2D eigenvalue weighted by atomic mass is 10.1. The zero-order valence-corrected chi connectivity index (χ0v) is 9.06. The Morgan fingerprint density at radius 3 is 2.75 bits per heavy atom. The van der Waals surface area contributed by atoms with Gasteiger partial charge in [0.1, 0.15) is 11.3 Å². The first kappa shape index (κ1) is 10.4. The Labute approximate surface area is 92.8 Å². The Morgan fingerprint density at radius 1 is 1.25 bits per heavy atom. The van der Waals surface area contributed by atoms with Crippen LogP contribution in [0.2, 0.25) is 0 Å². The molecular formula is C12H11NO3. The molecule has 1 heterocycles. The summed E-state index contributed by atoms with van der Waals surface area (Å²) in [7, 11) is 2.86. The fourth-order valence-electron chi connectivity index (χ4n) is 1.62. The maximum atomic E-state index is 11.7. The normalized spacial score (nSPS) is 10.1. The van der Waals surface area contributed by atoms with E-state index in [4.69, 9.17) is 9.47 Å². The highest BCUT2D eigenvalue weighted by molar-refractivity contribution is 6.06. The van der Waals surface area contributed by atoms with Gasteiger partial charge in [-0.05, 0) is 17.5 Å². The van der Waals surface area contributed by atoms with Crippen molar-refractivity contribution >= 4 is 16.7 Å². The average Bonchev–Trinajstić information content (AvgIpc) is 2.36. The van der Waals surface area contributed by atoms with Crippen LogP contribution in [-0.4, -0.2) is 25.2 Å². The van der Waals surface area contributed by atoms with E-state index in [0.29, 0.717) is 11.3 Å². The Kier molecular flexibility index (Phi) is 2.72. The zero-order valence-electron chi connectivity index (χ0n) is 9.06. The van der Waals surface area contributed by atoms with E-state index in [-0.39, 0.29) is 0 Å². The molecule has 0 saturated carbocycles. The van der Waals surface area contributed by atoms with Gasteiger partial charge >= 0.3 is 5.97 Å². The van der Waals surface area contributed by atoms with Gasteiger partial charge in [0.15, 0.2) is 0 Å². The molecule has 0 fully saturated rings. The summed E-state index contributed by atoms with van der Waals surface area (Å²) in [4.78, 5) is 15.7. The molecule has 1 aromatic carbocycles. The predicted molar refractivity (Wildman–Crippen MR) is 59.6 cm³/mol. The third kappa shape index (κ3) is 1.58. The fourth-order valence-corrected chi connectivity index (χ4v) is 1.62. The van der Waals surface area contributed by atoms with Crippen LogP contribution in [0.25, 0.3) is 10.8 Å². The Hall–Kier alpha value is -2.10. The van der Waals surface area contributed by atoms with Crippen molar-refractivity contribution in [2.75, 3.05) is 14.2 Å². The van der Waals surface area contributed by atoms with Crippen molar-refractivity contribution in [2.24, 2.45) is 0 Å². The summed E-state index contributed by atoms with van der Waals surface area (Å²) in [5.41, 5.74) is 0.413. The zero-order chi connectivity index (χ0) is 11.5. The van der Waals surface area contributed by atoms with Crippen molar-refractivity contribution in [1.82, 2.24) is 4.98 Å². The topological polar surface area (TPSA) is 48.4 Å². The molecule has 4 nitrogen and oxygen atoms in total. The van der Waals surface area contributed by atoms with Crippen LogP contribution >= 0.6 is 0 Å². The second-order valence-corrected chi connectivity index (χ2v) is 3.23. The summed E-state index contributed by atoms with van der Waals surface area (Å²) in [6, 6.07) is 5.46. The van der Waals surface area contributed by atoms with Gasteiger partial charge in [0, 0.05) is 17.8 Å². The highest BCUT2D eigenvalue weighted by atomic mass is 16.5. The molecule has 0 aliphatic carbocycles. The van der Waals surface area contributed by atoms with Gasteiger partial charge in [-0.25, -0.2) is 4.79 Å². The van der Waals surface area contributed by atoms with Crippen LogP contribution in [0.15, 0.2) is 30.6 Å². The predicted octanol–water partition coefficient (Wildman–Crippen LogP) is 2.03. The van der Waals surface area contributed by atoms with E-state index < -0.39 is 5.97 Å². The molecule has 16 heavy (non-hydrogen) atoms. The number of methoxy groups -OCH3 is 2. The summed E-state index contributed by atoms with van der Waals surface area (Å²) in [6.45, 7) is 0. The summed E-state index contributed by atoms with van der Waals surface area (Å²) in [5, 5.41) is 1.66. The largest absolute Gasteiger partial charge is 0.496 e. The SMILES string of the molecule is COC(=O)c1c(OC)ccc2ccncc12. The number of carbonyl (C=O) groups excluding carboxylic acids is 1. The summed E-state index contributed by atoms with van der Waals surface area (Å²) in [5.74, 6) is 0.0720. The molecule has 4 heteroatoms. The second-order valence-electron chi connectivity index (χ2n) is 3.23. The number of pyridine rings is 1. The number of hydrogen-bond donors (Lipinski definition) is 0. The molecule has 0 saturated heterocycles. The van der Waals surface area contributed by atoms with Gasteiger partial charge < -0.3 is 9.47 Å². The van der Waals surface area contributed by atoms with Gasteiger partial charge in [0.2, 0.25) is 0 Å². The number of ether oxygens (including phenoxy) is 2. The van der Waals surface area contributed by atoms with E-state index in [1.807, 2.05) is 12.1 Å². The number of esters is 1. The molecular weight excluding hydrogens is 206 g/mol. The first-order valence-electron chi connectivity index (χ1n) is 4.77. The fraction of sp³-hybridized carbons (Fsp3) is 0.167. The van der Waals surface area contributed by atoms with Crippen molar-refractivity contribution in [1.29, 1.82) is 0 Å². The van der Waals surface area contributed by atoms with Gasteiger partial charge in [-0.2, -0.15) is 0 Å². The molecule has 82 valence electrons. The van der Waals surface area contributed by atoms with Crippen LogP contribution in [0.5, 0.6) is 5.75 Å². The lowest BCUT2D eigenvalue weighted by Gasteiger charge is -2.09. The standard InChI is InChI=1S/C12H11NO3/c1-15-10-4-3-8-5-6-13-7-9(8)11(10)12(14)16-2/h3-7H,1-2H3. The molecule has 0 bridgehead atoms. The molecule has 0 amide bonds. The molecule has 0 unspecified atom stereocenters. The van der Waals surface area contributed by atoms with E-state index in [1.165, 1.54) is 14.2 Å². The summed E-state index contributed by atoms with van der Waals surface area (Å²) >= 11 is 0. The molecule has 0 N–H and O–H groups in total. The molecule has 2 aromatic rings. The van der Waals surface area contributed by atoms with Crippen LogP contribution in [0, 0.1) is 0 Å². The molecule has 0 spiro atoms. The smallest absolute Gasteiger partial charge is 0.342 e. The van der Waals surface area contributed by atoms with Crippen molar-refractivity contribution in [2.45, 2.75) is 0 Å². The number of nitrogens with zero attached hydrogens (tertiary/aromatic N) is 1. The second kappa shape index (κ2) is 4.18. The van der Waals surface area contributed by atoms with Crippen LogP contribution in [0.3, 0.4) is 0 Å². The summed E-state index contributed by atoms with van der Waals surface area (Å²) < 4.78 is 9.89. The summed E-state index contributed by atoms with van der Waals surface area (Å²) in [6.07, 6.45) is 3.31. The number of fused-ring (bicyclic) bond motifs is 1. The van der Waals surface area contributed by atoms with Crippen molar-refractivity contribution in [3.63, 3.8) is 0 Å². The molecule has 0 radical (unpaired) electrons. The third-order valence-electron chi connectivity index (χ3n) is 2.39. The Bertz CT molecular complexity index is 537. The minimum Gasteiger partial charge on any atom is -0.496 e. The maximum absolute atomic E-state index is 11.7. The van der Waals surface area contributed by atoms with Gasteiger partial charge in [-0.15, -0.1) is 0 Å². The van der Waals surface area contributed by atoms with Crippen LogP contribution in [-0.2, 0) is 4.74 Å². The highest BCUT2D eigenvalue weighted by Gasteiger charge is 2.16. The molecule has 2 rings (SSSR count). The van der Waals surface area contributed by atoms with Crippen molar-refractivity contribution < 1.29 is 14.3 Å². The van der Waals surface area contributed by atoms with Crippen LogP contribution in [0.1, 0.15) is 10.4 Å². The van der Waals surface area contributed by atoms with Crippen LogP contribution < -0.4 is 4.74 Å². The number of hydrogen-bond acceptors (Lipinski definition) is 4. The first-order chi connectivity index (χ1) is 7.77. The van der Waals surface area contributed by atoms with Crippen molar-refractivity contribution in [3.05, 3.63) is 36.2 Å². The van der Waals surface area contributed by atoms with E-state index in [2.05, 4.69) is 4.98 Å². The van der Waals surface area contributed by atoms with Gasteiger partial charge in [-0.3, -0.25) is 4.98 Å². The lowest BCUT2D eigenvalue weighted by molar-refractivity contribution is 0.0599. The van der Waals surface area contributed by atoms with E-state index in [1.54, 1.807) is 18.5 Å². The number of aromatic nitrogens is 1. The Balaban J connectivity index is 2.78. The third-order valence-corrected chi connectivity index (χ3v) is 2.39. The minimum absolute atomic E-state index is 0.413. The first-order valence-corrected chi connectivity index (χ1v) is 4.77. The van der Waals surface area contributed by atoms with Gasteiger partial charge in [0.05, 0.1) is 14.2 Å².